The van der Waals surface area contributed by atoms with E-state index in [-0.39, 0.29) is 42.1 Å². The van der Waals surface area contributed by atoms with Gasteiger partial charge in [-0.2, -0.15) is 5.26 Å². The molecule has 2 saturated heterocycles. The number of thioether (sulfide) groups is 1. The summed E-state index contributed by atoms with van der Waals surface area (Å²) in [5.41, 5.74) is 2.05. The summed E-state index contributed by atoms with van der Waals surface area (Å²) >= 11 is 4.90. The molecule has 1 aromatic carbocycles. The molecule has 0 radical (unpaired) electrons. The Labute approximate surface area is 297 Å². The maximum Gasteiger partial charge on any atom is 0.410 e. The number of ether oxygens (including phenoxy) is 2. The fourth-order valence-corrected chi connectivity index (χ4v) is 8.40. The lowest BCUT2D eigenvalue weighted by Crippen LogP contribution is -2.36. The van der Waals surface area contributed by atoms with Crippen molar-refractivity contribution in [1.29, 1.82) is 5.26 Å². The number of aryl methyl sites for hydroxylation is 1. The van der Waals surface area contributed by atoms with Crippen LogP contribution >= 0.6 is 37.7 Å². The SMILES string of the molecule is CSc1nc2c(F)c(Br)c(CCC#N)cc2c2c1cc([C@H]1CCCN1C(=O)OCCS(C)(C)C)n2[C@@H]1CN(C(=O)OC(C)(C)C)C[C@H]1C. The van der Waals surface area contributed by atoms with Gasteiger partial charge in [0.25, 0.3) is 0 Å². The number of fused-ring (bicyclic) bond motifs is 3. The van der Waals surface area contributed by atoms with E-state index >= 15 is 4.39 Å². The van der Waals surface area contributed by atoms with Gasteiger partial charge in [-0.1, -0.05) is 6.92 Å². The molecule has 5 rings (SSSR count). The van der Waals surface area contributed by atoms with Crippen molar-refractivity contribution in [2.24, 2.45) is 5.92 Å². The standard InChI is InChI=1S/C35H47BrFN5O4S2/c1-21-19-40(33(43)46-35(2,3)4)20-27(21)42-26(25-12-10-14-41(25)34(44)45-15-16-48(6,7)8)18-24-31(42)23-17-22(11-9-13-38)28(36)29(37)30(23)39-32(24)47-5/h17-18,21,25,27H,9-12,14-16,19-20H2,1-8H3/t21-,25-,27-/m1/s1. The van der Waals surface area contributed by atoms with Gasteiger partial charge in [-0.15, -0.1) is 11.8 Å². The fourth-order valence-electron chi connectivity index (χ4n) is 6.76. The van der Waals surface area contributed by atoms with Crippen LogP contribution in [0.1, 0.15) is 70.3 Å². The van der Waals surface area contributed by atoms with Crippen molar-refractivity contribution in [2.75, 3.05) is 57.0 Å². The van der Waals surface area contributed by atoms with E-state index in [1.807, 2.05) is 38.0 Å². The number of nitrogens with zero attached hydrogens (tertiary/aromatic N) is 5. The molecule has 2 amide bonds. The monoisotopic (exact) mass is 763 g/mol. The van der Waals surface area contributed by atoms with Gasteiger partial charge in [0, 0.05) is 48.3 Å². The molecule has 2 aromatic heterocycles. The van der Waals surface area contributed by atoms with Crippen LogP contribution in [0.4, 0.5) is 14.0 Å². The van der Waals surface area contributed by atoms with E-state index in [0.29, 0.717) is 53.1 Å². The van der Waals surface area contributed by atoms with Gasteiger partial charge in [-0.25, -0.2) is 29.0 Å². The highest BCUT2D eigenvalue weighted by atomic mass is 79.9. The quantitative estimate of drug-likeness (QED) is 0.212. The van der Waals surface area contributed by atoms with Crippen LogP contribution in [0, 0.1) is 23.1 Å². The number of rotatable bonds is 8. The first-order chi connectivity index (χ1) is 22.5. The molecule has 4 heterocycles. The molecule has 0 bridgehead atoms. The number of pyridine rings is 1. The lowest BCUT2D eigenvalue weighted by molar-refractivity contribution is 0.0285. The number of carbonyl (C=O) groups is 2. The molecular formula is C35H47BrFN5O4S2. The number of nitriles is 1. The topological polar surface area (TPSA) is 101 Å². The number of likely N-dealkylation sites (tertiary alicyclic amines) is 2. The molecule has 2 aliphatic heterocycles. The van der Waals surface area contributed by atoms with Gasteiger partial charge in [0.2, 0.25) is 0 Å². The van der Waals surface area contributed by atoms with Crippen LogP contribution in [-0.2, 0) is 15.9 Å². The predicted octanol–water partition coefficient (Wildman–Crippen LogP) is 8.66. The Morgan fingerprint density at radius 2 is 1.92 bits per heavy atom. The van der Waals surface area contributed by atoms with Crippen molar-refractivity contribution >= 4 is 71.7 Å². The lowest BCUT2D eigenvalue weighted by atomic mass is 10.0. The number of halogens is 2. The van der Waals surface area contributed by atoms with Gasteiger partial charge in [0.1, 0.15) is 22.8 Å². The smallest absolute Gasteiger partial charge is 0.410 e. The third-order valence-electron chi connectivity index (χ3n) is 9.03. The van der Waals surface area contributed by atoms with E-state index in [0.717, 1.165) is 35.2 Å². The van der Waals surface area contributed by atoms with Crippen LogP contribution < -0.4 is 0 Å². The highest BCUT2D eigenvalue weighted by molar-refractivity contribution is 9.10. The molecular weight excluding hydrogens is 717 g/mol. The minimum atomic E-state index is -0.822. The first kappa shape index (κ1) is 36.6. The van der Waals surface area contributed by atoms with Crippen molar-refractivity contribution in [3.8, 4) is 6.07 Å². The largest absolute Gasteiger partial charge is 0.449 e. The maximum absolute atomic E-state index is 16.2. The molecule has 0 saturated carbocycles. The molecule has 48 heavy (non-hydrogen) atoms. The Morgan fingerprint density at radius 3 is 2.56 bits per heavy atom. The Hall–Kier alpha value is -2.69. The molecule has 3 atom stereocenters. The van der Waals surface area contributed by atoms with Gasteiger partial charge in [0.15, 0.2) is 5.82 Å². The molecule has 0 aliphatic carbocycles. The zero-order valence-electron chi connectivity index (χ0n) is 29.2. The minimum Gasteiger partial charge on any atom is -0.449 e. The van der Waals surface area contributed by atoms with Gasteiger partial charge < -0.3 is 18.9 Å². The highest BCUT2D eigenvalue weighted by Crippen LogP contribution is 2.45. The van der Waals surface area contributed by atoms with Gasteiger partial charge >= 0.3 is 12.2 Å². The van der Waals surface area contributed by atoms with Crippen LogP contribution in [0.2, 0.25) is 0 Å². The maximum atomic E-state index is 16.2. The van der Waals surface area contributed by atoms with Crippen LogP contribution in [0.15, 0.2) is 21.6 Å². The molecule has 2 fully saturated rings. The molecule has 0 unspecified atom stereocenters. The molecule has 9 nitrogen and oxygen atoms in total. The number of aromatic nitrogens is 2. The Morgan fingerprint density at radius 1 is 1.19 bits per heavy atom. The van der Waals surface area contributed by atoms with Crippen LogP contribution in [0.25, 0.3) is 21.8 Å². The molecule has 0 spiro atoms. The first-order valence-corrected chi connectivity index (χ1v) is 21.4. The molecule has 13 heteroatoms. The normalized spacial score (nSPS) is 20.5. The zero-order chi connectivity index (χ0) is 35.1. The summed E-state index contributed by atoms with van der Waals surface area (Å²) < 4.78 is 30.3. The lowest BCUT2D eigenvalue weighted by Gasteiger charge is -2.30. The second-order valence-electron chi connectivity index (χ2n) is 14.7. The number of amides is 2. The van der Waals surface area contributed by atoms with Gasteiger partial charge in [0.05, 0.1) is 28.1 Å². The Balaban J connectivity index is 1.71. The minimum absolute atomic E-state index is 0.0303. The number of hydrogen-bond donors (Lipinski definition) is 0. The first-order valence-electron chi connectivity index (χ1n) is 16.4. The number of benzene rings is 1. The highest BCUT2D eigenvalue weighted by Gasteiger charge is 2.41. The third-order valence-corrected chi connectivity index (χ3v) is 12.0. The second kappa shape index (κ2) is 14.3. The summed E-state index contributed by atoms with van der Waals surface area (Å²) in [6.45, 7) is 9.54. The summed E-state index contributed by atoms with van der Waals surface area (Å²) in [7, 11) is -0.822. The molecule has 0 N–H and O–H groups in total. The average Bonchev–Trinajstić information content (AvgIpc) is 3.73. The molecule has 262 valence electrons. The number of carbonyl (C=O) groups excluding carboxylic acids is 2. The summed E-state index contributed by atoms with van der Waals surface area (Å²) in [6, 6.07) is 5.79. The summed E-state index contributed by atoms with van der Waals surface area (Å²) in [5.74, 6) is 0.401. The van der Waals surface area contributed by atoms with Crippen molar-refractivity contribution in [3.05, 3.63) is 33.7 Å². The zero-order valence-corrected chi connectivity index (χ0v) is 32.4. The van der Waals surface area contributed by atoms with E-state index in [1.54, 1.807) is 4.90 Å². The van der Waals surface area contributed by atoms with Crippen LogP contribution in [0.5, 0.6) is 0 Å². The van der Waals surface area contributed by atoms with Crippen molar-refractivity contribution in [2.45, 2.75) is 76.1 Å². The van der Waals surface area contributed by atoms with Crippen LogP contribution in [0.3, 0.4) is 0 Å². The van der Waals surface area contributed by atoms with Gasteiger partial charge in [-0.3, -0.25) is 4.90 Å². The van der Waals surface area contributed by atoms with Crippen molar-refractivity contribution in [3.63, 3.8) is 0 Å². The summed E-state index contributed by atoms with van der Waals surface area (Å²) in [5, 5.41) is 11.5. The van der Waals surface area contributed by atoms with Crippen LogP contribution in [-0.4, -0.2) is 94.2 Å². The Bertz CT molecular complexity index is 1760. The van der Waals surface area contributed by atoms with Crippen molar-refractivity contribution < 1.29 is 23.5 Å². The van der Waals surface area contributed by atoms with Crippen molar-refractivity contribution in [1.82, 2.24) is 19.4 Å². The third kappa shape index (κ3) is 7.55. The van der Waals surface area contributed by atoms with Gasteiger partial charge in [-0.05, 0) is 105 Å². The molecule has 3 aromatic rings. The van der Waals surface area contributed by atoms with E-state index in [1.165, 1.54) is 11.8 Å². The molecule has 2 aliphatic rings. The Kier molecular flexibility index (Phi) is 10.9. The fraction of sp³-hybridized carbons (Fsp3) is 0.600. The summed E-state index contributed by atoms with van der Waals surface area (Å²) in [6.07, 6.45) is 10.1. The summed E-state index contributed by atoms with van der Waals surface area (Å²) in [4.78, 5) is 35.3. The van der Waals surface area contributed by atoms with E-state index < -0.39 is 21.4 Å². The predicted molar refractivity (Wildman–Crippen MR) is 197 cm³/mol. The number of hydrogen-bond acceptors (Lipinski definition) is 7. The second-order valence-corrected chi connectivity index (χ2v) is 20.9. The van der Waals surface area contributed by atoms with E-state index in [2.05, 4.69) is 58.3 Å². The average molecular weight is 765 g/mol. The van der Waals surface area contributed by atoms with E-state index in [4.69, 9.17) is 14.5 Å². The van der Waals surface area contributed by atoms with E-state index in [9.17, 15) is 14.9 Å².